The molecule has 1 N–H and O–H groups in total. The van der Waals surface area contributed by atoms with Crippen LogP contribution in [-0.4, -0.2) is 25.3 Å². The SMILES string of the molecule is OC(Cn1cnc2ccccc21)Cn1c2ccc(Br)cc2c2cc(Br)ccc21. The highest BCUT2D eigenvalue weighted by molar-refractivity contribution is 9.10. The van der Waals surface area contributed by atoms with Crippen molar-refractivity contribution in [1.82, 2.24) is 14.1 Å². The van der Waals surface area contributed by atoms with Crippen LogP contribution in [0.25, 0.3) is 32.8 Å². The van der Waals surface area contributed by atoms with Crippen LogP contribution in [0, 0.1) is 0 Å². The summed E-state index contributed by atoms with van der Waals surface area (Å²) in [6.07, 6.45) is 1.26. The van der Waals surface area contributed by atoms with Crippen molar-refractivity contribution in [3.8, 4) is 0 Å². The van der Waals surface area contributed by atoms with Gasteiger partial charge < -0.3 is 14.2 Å². The van der Waals surface area contributed by atoms with Gasteiger partial charge in [0.1, 0.15) is 0 Å². The molecular weight excluding hydrogens is 482 g/mol. The zero-order valence-corrected chi connectivity index (χ0v) is 18.1. The molecule has 0 aliphatic rings. The molecule has 2 heterocycles. The fourth-order valence-electron chi connectivity index (χ4n) is 3.90. The lowest BCUT2D eigenvalue weighted by Crippen LogP contribution is -2.21. The minimum atomic E-state index is -0.538. The highest BCUT2D eigenvalue weighted by Gasteiger charge is 2.15. The Labute approximate surface area is 178 Å². The van der Waals surface area contributed by atoms with Gasteiger partial charge in [-0.3, -0.25) is 0 Å². The van der Waals surface area contributed by atoms with E-state index in [0.717, 1.165) is 31.0 Å². The van der Waals surface area contributed by atoms with Crippen molar-refractivity contribution >= 4 is 64.7 Å². The molecule has 6 heteroatoms. The Bertz CT molecular complexity index is 1260. The molecule has 3 aromatic carbocycles. The van der Waals surface area contributed by atoms with Gasteiger partial charge in [0, 0.05) is 30.8 Å². The molecule has 5 aromatic rings. The van der Waals surface area contributed by atoms with E-state index in [1.165, 1.54) is 10.8 Å². The van der Waals surface area contributed by atoms with E-state index in [0.29, 0.717) is 13.1 Å². The third kappa shape index (κ3) is 3.05. The second kappa shape index (κ2) is 7.03. The predicted octanol–water partition coefficient (Wildman–Crippen LogP) is 5.73. The highest BCUT2D eigenvalue weighted by Crippen LogP contribution is 2.33. The van der Waals surface area contributed by atoms with Gasteiger partial charge in [-0.25, -0.2) is 4.98 Å². The molecule has 28 heavy (non-hydrogen) atoms. The monoisotopic (exact) mass is 497 g/mol. The van der Waals surface area contributed by atoms with Crippen LogP contribution in [0.15, 0.2) is 75.9 Å². The smallest absolute Gasteiger partial charge is 0.0959 e. The number of para-hydroxylation sites is 2. The van der Waals surface area contributed by atoms with E-state index in [1.807, 2.05) is 41.0 Å². The van der Waals surface area contributed by atoms with E-state index in [2.05, 4.69) is 65.7 Å². The van der Waals surface area contributed by atoms with Crippen LogP contribution in [0.5, 0.6) is 0 Å². The average molecular weight is 499 g/mol. The van der Waals surface area contributed by atoms with Gasteiger partial charge in [0.2, 0.25) is 0 Å². The maximum atomic E-state index is 10.9. The first kappa shape index (κ1) is 17.9. The third-order valence-electron chi connectivity index (χ3n) is 5.12. The van der Waals surface area contributed by atoms with Crippen molar-refractivity contribution in [1.29, 1.82) is 0 Å². The number of aliphatic hydroxyl groups excluding tert-OH is 1. The Balaban J connectivity index is 1.55. The fraction of sp³-hybridized carbons (Fsp3) is 0.136. The Morgan fingerprint density at radius 2 is 1.46 bits per heavy atom. The molecule has 0 saturated carbocycles. The minimum Gasteiger partial charge on any atom is -0.389 e. The van der Waals surface area contributed by atoms with E-state index in [4.69, 9.17) is 0 Å². The molecule has 2 aromatic heterocycles. The van der Waals surface area contributed by atoms with Gasteiger partial charge in [0.25, 0.3) is 0 Å². The molecule has 1 unspecified atom stereocenters. The standard InChI is InChI=1S/C22H17Br2N3O/c23-14-5-7-20-17(9-14)18-10-15(24)6-8-21(18)27(20)12-16(28)11-26-13-25-19-3-1-2-4-22(19)26/h1-10,13,16,28H,11-12H2. The maximum absolute atomic E-state index is 10.9. The Morgan fingerprint density at radius 1 is 0.821 bits per heavy atom. The normalized spacial score (nSPS) is 13.0. The zero-order chi connectivity index (χ0) is 19.3. The van der Waals surface area contributed by atoms with Crippen molar-refractivity contribution in [3.05, 3.63) is 75.9 Å². The molecule has 0 radical (unpaired) electrons. The summed E-state index contributed by atoms with van der Waals surface area (Å²) >= 11 is 7.16. The summed E-state index contributed by atoms with van der Waals surface area (Å²) in [6, 6.07) is 20.6. The van der Waals surface area contributed by atoms with E-state index < -0.39 is 6.10 Å². The Kier molecular flexibility index (Phi) is 4.50. The number of benzene rings is 3. The van der Waals surface area contributed by atoms with Crippen molar-refractivity contribution in [2.24, 2.45) is 0 Å². The zero-order valence-electron chi connectivity index (χ0n) is 14.9. The van der Waals surface area contributed by atoms with E-state index in [1.54, 1.807) is 6.33 Å². The van der Waals surface area contributed by atoms with Crippen molar-refractivity contribution in [2.75, 3.05) is 0 Å². The van der Waals surface area contributed by atoms with Crippen LogP contribution in [0.4, 0.5) is 0 Å². The van der Waals surface area contributed by atoms with Crippen LogP contribution >= 0.6 is 31.9 Å². The molecule has 140 valence electrons. The number of hydrogen-bond donors (Lipinski definition) is 1. The van der Waals surface area contributed by atoms with Crippen LogP contribution < -0.4 is 0 Å². The lowest BCUT2D eigenvalue weighted by molar-refractivity contribution is 0.138. The topological polar surface area (TPSA) is 43.0 Å². The molecule has 0 bridgehead atoms. The first-order valence-electron chi connectivity index (χ1n) is 9.05. The van der Waals surface area contributed by atoms with Gasteiger partial charge in [-0.15, -0.1) is 0 Å². The van der Waals surface area contributed by atoms with Gasteiger partial charge in [0.05, 0.1) is 36.6 Å². The number of aliphatic hydroxyl groups is 1. The molecule has 0 fully saturated rings. The number of halogens is 2. The van der Waals surface area contributed by atoms with Crippen LogP contribution in [0.1, 0.15) is 0 Å². The summed E-state index contributed by atoms with van der Waals surface area (Å²) in [7, 11) is 0. The van der Waals surface area contributed by atoms with Gasteiger partial charge in [-0.1, -0.05) is 44.0 Å². The molecule has 0 saturated heterocycles. The number of imidazole rings is 1. The van der Waals surface area contributed by atoms with E-state index >= 15 is 0 Å². The second-order valence-corrected chi connectivity index (χ2v) is 8.80. The van der Waals surface area contributed by atoms with Crippen LogP contribution in [0.2, 0.25) is 0 Å². The van der Waals surface area contributed by atoms with Gasteiger partial charge in [-0.2, -0.15) is 0 Å². The third-order valence-corrected chi connectivity index (χ3v) is 6.10. The first-order valence-corrected chi connectivity index (χ1v) is 10.6. The number of nitrogens with zero attached hydrogens (tertiary/aromatic N) is 3. The highest BCUT2D eigenvalue weighted by atomic mass is 79.9. The number of hydrogen-bond acceptors (Lipinski definition) is 2. The summed E-state index contributed by atoms with van der Waals surface area (Å²) in [6.45, 7) is 1.00. The van der Waals surface area contributed by atoms with E-state index in [-0.39, 0.29) is 0 Å². The average Bonchev–Trinajstić information content (AvgIpc) is 3.21. The van der Waals surface area contributed by atoms with Crippen LogP contribution in [0.3, 0.4) is 0 Å². The predicted molar refractivity (Wildman–Crippen MR) is 121 cm³/mol. The summed E-state index contributed by atoms with van der Waals surface area (Å²) < 4.78 is 6.31. The second-order valence-electron chi connectivity index (χ2n) is 6.97. The van der Waals surface area contributed by atoms with E-state index in [9.17, 15) is 5.11 Å². The molecule has 0 aliphatic heterocycles. The molecular formula is C22H17Br2N3O. The Morgan fingerprint density at radius 3 is 2.14 bits per heavy atom. The number of fused-ring (bicyclic) bond motifs is 4. The molecule has 0 amide bonds. The number of rotatable bonds is 4. The maximum Gasteiger partial charge on any atom is 0.0959 e. The van der Waals surface area contributed by atoms with Gasteiger partial charge in [-0.05, 0) is 48.5 Å². The summed E-state index contributed by atoms with van der Waals surface area (Å²) in [4.78, 5) is 4.42. The summed E-state index contributed by atoms with van der Waals surface area (Å²) in [5.41, 5.74) is 4.22. The number of aromatic nitrogens is 3. The van der Waals surface area contributed by atoms with Gasteiger partial charge >= 0.3 is 0 Å². The lowest BCUT2D eigenvalue weighted by atomic mass is 10.2. The molecule has 1 atom stereocenters. The largest absolute Gasteiger partial charge is 0.389 e. The first-order chi connectivity index (χ1) is 13.6. The van der Waals surface area contributed by atoms with Crippen molar-refractivity contribution < 1.29 is 5.11 Å². The summed E-state index contributed by atoms with van der Waals surface area (Å²) in [5, 5.41) is 13.2. The quantitative estimate of drug-likeness (QED) is 0.344. The van der Waals surface area contributed by atoms with Crippen LogP contribution in [-0.2, 0) is 13.1 Å². The lowest BCUT2D eigenvalue weighted by Gasteiger charge is -2.15. The van der Waals surface area contributed by atoms with Gasteiger partial charge in [0.15, 0.2) is 0 Å². The minimum absolute atomic E-state index is 0.495. The van der Waals surface area contributed by atoms with Crippen molar-refractivity contribution in [3.63, 3.8) is 0 Å². The van der Waals surface area contributed by atoms with Crippen molar-refractivity contribution in [2.45, 2.75) is 19.2 Å². The molecule has 5 rings (SSSR count). The molecule has 4 nitrogen and oxygen atoms in total. The summed E-state index contributed by atoms with van der Waals surface area (Å²) in [5.74, 6) is 0. The fourth-order valence-corrected chi connectivity index (χ4v) is 4.62. The molecule has 0 spiro atoms. The molecule has 0 aliphatic carbocycles. The Hall–Kier alpha value is -2.15.